The minimum atomic E-state index is -1.50. The molecule has 7 N–H and O–H groups in total. The Morgan fingerprint density at radius 3 is 1.56 bits per heavy atom. The number of aromatic amines is 1. The summed E-state index contributed by atoms with van der Waals surface area (Å²) in [7, 11) is -1.50. The number of imidazole rings is 1. The molecule has 0 spiro atoms. The summed E-state index contributed by atoms with van der Waals surface area (Å²) in [6.45, 7) is 4.00. The minimum Gasteiger partial charge on any atom is -0.453 e. The van der Waals surface area contributed by atoms with Crippen LogP contribution in [0.3, 0.4) is 0 Å². The van der Waals surface area contributed by atoms with Gasteiger partial charge in [0.2, 0.25) is 0 Å². The molecule has 0 aliphatic heterocycles. The standard InChI is InChI=1S/C17H9BrClN3O3.C11H6BrClO2.C6H5BBrClO2.C6H7N3O2.C5H3BrO2.C2H6/c18-9-1-3-11(12(19)7-9)15-5-6-16(25-15)17-20-13-4-2-10(22(23)24)8-14(13)21-17;12-7-1-3-9(10(13)5-7)11-4-2-8(6-14)15-11;8-4-1-2-5(7(10)11)6(9)3-4;7-5-2-1-4(9(10)11)3-6(5)8;6-5-2-1-4(3-7)8-5;1-2/h1-8H,(H,20,21);1-6H;1-3,10-11H;1-3H,7-8H2;1-3H;1-2H3. The van der Waals surface area contributed by atoms with Gasteiger partial charge in [0.1, 0.15) is 11.5 Å². The van der Waals surface area contributed by atoms with E-state index in [-0.39, 0.29) is 17.1 Å². The van der Waals surface area contributed by atoms with E-state index in [2.05, 4.69) is 73.7 Å². The van der Waals surface area contributed by atoms with Crippen molar-refractivity contribution >= 4 is 157 Å². The van der Waals surface area contributed by atoms with E-state index in [9.17, 15) is 29.8 Å². The molecule has 4 heterocycles. The number of aldehydes is 2. The molecule has 0 aliphatic carbocycles. The van der Waals surface area contributed by atoms with Crippen molar-refractivity contribution in [2.24, 2.45) is 0 Å². The largest absolute Gasteiger partial charge is 0.489 e. The first kappa shape index (κ1) is 58.5. The number of hydrogen-bond acceptors (Lipinski definition) is 14. The zero-order valence-corrected chi connectivity index (χ0v) is 45.7. The van der Waals surface area contributed by atoms with E-state index < -0.39 is 17.0 Å². The van der Waals surface area contributed by atoms with E-state index >= 15 is 0 Å². The van der Waals surface area contributed by atoms with E-state index in [0.29, 0.717) is 89.1 Å². The van der Waals surface area contributed by atoms with Gasteiger partial charge in [0.05, 0.1) is 42.3 Å². The fourth-order valence-corrected chi connectivity index (χ4v) is 8.18. The second-order valence-electron chi connectivity index (χ2n) is 13.6. The maximum Gasteiger partial charge on any atom is 0.489 e. The number of nitrogens with zero attached hydrogens (tertiary/aromatic N) is 3. The number of benzene rings is 5. The Balaban J connectivity index is 0.000000206. The first-order chi connectivity index (χ1) is 34.3. The van der Waals surface area contributed by atoms with Crippen molar-refractivity contribution in [3.05, 3.63) is 192 Å². The summed E-state index contributed by atoms with van der Waals surface area (Å²) in [5.74, 6) is 2.86. The van der Waals surface area contributed by atoms with E-state index in [4.69, 9.17) is 69.6 Å². The van der Waals surface area contributed by atoms with Gasteiger partial charge in [-0.05, 0) is 113 Å². The van der Waals surface area contributed by atoms with Crippen LogP contribution in [0.15, 0.2) is 159 Å². The number of carbonyl (C=O) groups excluding carboxylic acids is 2. The van der Waals surface area contributed by atoms with Gasteiger partial charge < -0.3 is 39.8 Å². The van der Waals surface area contributed by atoms with Crippen molar-refractivity contribution < 1.29 is 42.7 Å². The summed E-state index contributed by atoms with van der Waals surface area (Å²) in [6.07, 6.45) is 1.32. The third kappa shape index (κ3) is 17.0. The molecule has 372 valence electrons. The Labute approximate surface area is 458 Å². The summed E-state index contributed by atoms with van der Waals surface area (Å²) in [5.41, 5.74) is 14.3. The lowest BCUT2D eigenvalue weighted by Gasteiger charge is -2.01. The fourth-order valence-electron chi connectivity index (χ4n) is 5.56. The second-order valence-corrected chi connectivity index (χ2v) is 18.4. The van der Waals surface area contributed by atoms with Gasteiger partial charge in [-0.15, -0.1) is 0 Å². The highest BCUT2D eigenvalue weighted by atomic mass is 79.9. The van der Waals surface area contributed by atoms with Gasteiger partial charge in [-0.3, -0.25) is 29.8 Å². The van der Waals surface area contributed by atoms with Crippen LogP contribution in [0.1, 0.15) is 35.0 Å². The molecule has 4 aromatic heterocycles. The Morgan fingerprint density at radius 2 is 1.08 bits per heavy atom. The molecular formula is C47H36BBr4Cl3N6O11. The highest BCUT2D eigenvalue weighted by molar-refractivity contribution is 9.11. The molecule has 0 bridgehead atoms. The van der Waals surface area contributed by atoms with Crippen molar-refractivity contribution in [1.82, 2.24) is 9.97 Å². The summed E-state index contributed by atoms with van der Waals surface area (Å²) < 4.78 is 19.1. The van der Waals surface area contributed by atoms with Gasteiger partial charge in [0, 0.05) is 59.3 Å². The molecule has 17 nitrogen and oxygen atoms in total. The van der Waals surface area contributed by atoms with Crippen LogP contribution < -0.4 is 16.9 Å². The van der Waals surface area contributed by atoms with Crippen LogP contribution in [0.5, 0.6) is 0 Å². The van der Waals surface area contributed by atoms with Gasteiger partial charge >= 0.3 is 7.12 Å². The first-order valence-electron chi connectivity index (χ1n) is 20.3. The van der Waals surface area contributed by atoms with E-state index in [1.807, 2.05) is 38.1 Å². The Hall–Kier alpha value is -6.08. The number of anilines is 2. The Kier molecular flexibility index (Phi) is 22.9. The number of nitro benzene ring substituents is 2. The third-order valence-electron chi connectivity index (χ3n) is 8.88. The molecule has 5 aromatic carbocycles. The van der Waals surface area contributed by atoms with Crippen LogP contribution in [-0.2, 0) is 0 Å². The molecule has 0 saturated carbocycles. The third-order valence-corrected chi connectivity index (χ3v) is 11.7. The van der Waals surface area contributed by atoms with Crippen molar-refractivity contribution in [2.75, 3.05) is 11.5 Å². The van der Waals surface area contributed by atoms with Crippen LogP contribution in [0.2, 0.25) is 15.1 Å². The van der Waals surface area contributed by atoms with E-state index in [0.717, 1.165) is 24.5 Å². The molecule has 0 fully saturated rings. The van der Waals surface area contributed by atoms with Crippen molar-refractivity contribution in [3.63, 3.8) is 0 Å². The lowest BCUT2D eigenvalue weighted by atomic mass is 9.80. The second kappa shape index (κ2) is 28.2. The van der Waals surface area contributed by atoms with Gasteiger partial charge in [0.15, 0.2) is 40.3 Å². The maximum atomic E-state index is 10.9. The van der Waals surface area contributed by atoms with Crippen molar-refractivity contribution in [1.29, 1.82) is 0 Å². The lowest BCUT2D eigenvalue weighted by molar-refractivity contribution is -0.384. The molecule has 0 saturated heterocycles. The number of H-pyrrole nitrogens is 1. The number of furan rings is 3. The van der Waals surface area contributed by atoms with E-state index in [1.54, 1.807) is 72.8 Å². The van der Waals surface area contributed by atoms with Crippen LogP contribution in [-0.4, -0.2) is 49.6 Å². The van der Waals surface area contributed by atoms with Crippen LogP contribution in [0.25, 0.3) is 45.3 Å². The van der Waals surface area contributed by atoms with Crippen LogP contribution in [0.4, 0.5) is 22.7 Å². The number of carbonyl (C=O) groups is 2. The average Bonchev–Trinajstić information content (AvgIpc) is 4.19. The van der Waals surface area contributed by atoms with Crippen LogP contribution in [0, 0.1) is 20.2 Å². The molecule has 0 amide bonds. The molecule has 72 heavy (non-hydrogen) atoms. The molecule has 9 aromatic rings. The van der Waals surface area contributed by atoms with Crippen molar-refractivity contribution in [3.8, 4) is 34.2 Å². The predicted molar refractivity (Wildman–Crippen MR) is 295 cm³/mol. The number of non-ortho nitro benzene ring substituents is 2. The van der Waals surface area contributed by atoms with Gasteiger partial charge in [-0.25, -0.2) is 4.98 Å². The topological polar surface area (TPSA) is 281 Å². The highest BCUT2D eigenvalue weighted by Crippen LogP contribution is 2.35. The summed E-state index contributed by atoms with van der Waals surface area (Å²) in [4.78, 5) is 47.9. The SMILES string of the molecule is CC.Nc1ccc([N+](=O)[O-])cc1N.O=Cc1ccc(-c2ccc(Br)cc2Cl)o1.O=Cc1ccc(Br)o1.O=[N+]([O-])c1ccc2nc(-c3ccc(-c4ccc(Br)cc4Cl)o3)[nH]c2c1.OB(O)c1ccc(Br)cc1Cl. The highest BCUT2D eigenvalue weighted by Gasteiger charge is 2.16. The number of rotatable bonds is 8. The smallest absolute Gasteiger partial charge is 0.453 e. The molecule has 0 atom stereocenters. The number of hydrogen-bond donors (Lipinski definition) is 5. The monoisotopic (exact) mass is 1290 g/mol. The molecule has 0 aliphatic rings. The van der Waals surface area contributed by atoms with Crippen molar-refractivity contribution in [2.45, 2.75) is 13.8 Å². The van der Waals surface area contributed by atoms with Gasteiger partial charge in [-0.1, -0.05) is 103 Å². The zero-order valence-electron chi connectivity index (χ0n) is 37.1. The number of aromatic nitrogens is 2. The molecular weight excluding hydrogens is 1260 g/mol. The van der Waals surface area contributed by atoms with E-state index in [1.165, 1.54) is 30.3 Å². The summed E-state index contributed by atoms with van der Waals surface area (Å²) >= 11 is 30.9. The number of nitrogens with two attached hydrogens (primary N) is 2. The fraction of sp³-hybridized carbons (Fsp3) is 0.0426. The number of nitrogens with one attached hydrogen (secondary N) is 1. The number of nitro groups is 2. The first-order valence-corrected chi connectivity index (χ1v) is 24.6. The summed E-state index contributed by atoms with van der Waals surface area (Å²) in [5, 5.41) is 40.0. The zero-order chi connectivity index (χ0) is 53.2. The van der Waals surface area contributed by atoms with Crippen LogP contribution >= 0.6 is 98.5 Å². The number of fused-ring (bicyclic) bond motifs is 1. The number of nitrogen functional groups attached to an aromatic ring is 2. The Bertz CT molecular complexity index is 3310. The Morgan fingerprint density at radius 1 is 0.597 bits per heavy atom. The van der Waals surface area contributed by atoms with Gasteiger partial charge in [-0.2, -0.15) is 0 Å². The minimum absolute atomic E-state index is 0.00415. The predicted octanol–water partition coefficient (Wildman–Crippen LogP) is 14.4. The number of halogens is 7. The molecule has 0 unspecified atom stereocenters. The molecule has 25 heteroatoms. The van der Waals surface area contributed by atoms with Gasteiger partial charge in [0.25, 0.3) is 11.4 Å². The molecule has 0 radical (unpaired) electrons. The normalized spacial score (nSPS) is 10.0. The lowest BCUT2D eigenvalue weighted by Crippen LogP contribution is -2.30. The average molecular weight is 1300 g/mol. The quantitative estimate of drug-likeness (QED) is 0.0311. The summed E-state index contributed by atoms with van der Waals surface area (Å²) in [6, 6.07) is 34.5. The maximum absolute atomic E-state index is 10.9. The molecule has 9 rings (SSSR count).